The fourth-order valence-corrected chi connectivity index (χ4v) is 1.49. The molecule has 5 nitrogen and oxygen atoms in total. The van der Waals surface area contributed by atoms with Crippen LogP contribution in [-0.2, 0) is 0 Å². The maximum Gasteiger partial charge on any atom is 0.333 e. The van der Waals surface area contributed by atoms with Gasteiger partial charge in [-0.15, -0.1) is 0 Å². The predicted octanol–water partition coefficient (Wildman–Crippen LogP) is 1.98. The number of benzene rings is 1. The summed E-state index contributed by atoms with van der Waals surface area (Å²) >= 11 is 0. The number of phenols is 1. The van der Waals surface area contributed by atoms with Crippen molar-refractivity contribution in [1.82, 2.24) is 9.78 Å². The van der Waals surface area contributed by atoms with Crippen LogP contribution >= 0.6 is 0 Å². The number of nitrogen functional groups attached to an aromatic ring is 1. The zero-order chi connectivity index (χ0) is 13.3. The second-order valence-electron chi connectivity index (χ2n) is 3.63. The van der Waals surface area contributed by atoms with Crippen LogP contribution in [0.15, 0.2) is 30.6 Å². The Kier molecular flexibility index (Phi) is 2.97. The fourth-order valence-electron chi connectivity index (χ4n) is 1.49. The van der Waals surface area contributed by atoms with Crippen LogP contribution in [-0.4, -0.2) is 20.6 Å². The van der Waals surface area contributed by atoms with Crippen molar-refractivity contribution in [3.05, 3.63) is 41.7 Å². The topological polar surface area (TPSA) is 87.9 Å². The Morgan fingerprint density at radius 1 is 1.44 bits per heavy atom. The molecule has 0 radical (unpaired) electrons. The molecule has 0 spiro atoms. The number of halogens is 2. The summed E-state index contributed by atoms with van der Waals surface area (Å²) in [6.45, 7) is -2.76. The number of nitrogens with one attached hydrogen (secondary N) is 1. The predicted molar refractivity (Wildman–Crippen MR) is 61.9 cm³/mol. The molecule has 0 bridgehead atoms. The van der Waals surface area contributed by atoms with Crippen LogP contribution in [0.2, 0.25) is 0 Å². The lowest BCUT2D eigenvalue weighted by molar-refractivity contribution is 0.0566. The number of aromatic hydroxyl groups is 1. The molecule has 94 valence electrons. The molecule has 1 aromatic carbocycles. The average Bonchev–Trinajstić information content (AvgIpc) is 2.81. The zero-order valence-corrected chi connectivity index (χ0v) is 9.14. The van der Waals surface area contributed by atoms with Gasteiger partial charge in [-0.1, -0.05) is 0 Å². The van der Waals surface area contributed by atoms with Crippen molar-refractivity contribution >= 4 is 11.4 Å². The number of hydrogen-bond donors (Lipinski definition) is 3. The van der Waals surface area contributed by atoms with Crippen LogP contribution in [0.1, 0.15) is 17.7 Å². The third kappa shape index (κ3) is 2.15. The molecule has 0 aliphatic carbocycles. The average molecular weight is 252 g/mol. The van der Waals surface area contributed by atoms with E-state index < -0.39 is 6.55 Å². The Morgan fingerprint density at radius 2 is 2.17 bits per heavy atom. The number of nitrogens with zero attached hydrogens (tertiary/aromatic N) is 2. The zero-order valence-electron chi connectivity index (χ0n) is 9.14. The van der Waals surface area contributed by atoms with Crippen molar-refractivity contribution < 1.29 is 13.9 Å². The Bertz CT molecular complexity index is 594. The number of phenolic OH excluding ortho intramolecular Hbond substituents is 1. The van der Waals surface area contributed by atoms with E-state index in [2.05, 4.69) is 5.10 Å². The van der Waals surface area contributed by atoms with E-state index in [9.17, 15) is 13.9 Å². The second kappa shape index (κ2) is 4.44. The third-order valence-electron chi connectivity index (χ3n) is 2.40. The van der Waals surface area contributed by atoms with Crippen LogP contribution < -0.4 is 5.73 Å². The standard InChI is InChI=1S/C11H10F2N4O/c12-11(13)17-5-6(4-16-17)10(15)8-3-7(18)1-2-9(8)14/h1-5,11,15,18H,14H2. The molecule has 0 fully saturated rings. The van der Waals surface area contributed by atoms with E-state index in [-0.39, 0.29) is 28.3 Å². The number of hydrogen-bond acceptors (Lipinski definition) is 4. The summed E-state index contributed by atoms with van der Waals surface area (Å²) in [5, 5.41) is 20.6. The van der Waals surface area contributed by atoms with Crippen molar-refractivity contribution in [2.24, 2.45) is 0 Å². The third-order valence-corrected chi connectivity index (χ3v) is 2.40. The summed E-state index contributed by atoms with van der Waals surface area (Å²) < 4.78 is 25.2. The molecule has 4 N–H and O–H groups in total. The normalized spacial score (nSPS) is 10.8. The molecule has 1 heterocycles. The number of alkyl halides is 2. The Balaban J connectivity index is 2.38. The fraction of sp³-hybridized carbons (Fsp3) is 0.0909. The van der Waals surface area contributed by atoms with E-state index in [1.807, 2.05) is 0 Å². The lowest BCUT2D eigenvalue weighted by Gasteiger charge is -2.06. The Hall–Kier alpha value is -2.44. The van der Waals surface area contributed by atoms with Gasteiger partial charge in [0.25, 0.3) is 0 Å². The lowest BCUT2D eigenvalue weighted by atomic mass is 10.0. The number of aromatic nitrogens is 2. The summed E-state index contributed by atoms with van der Waals surface area (Å²) in [5.74, 6) is -0.0507. The van der Waals surface area contributed by atoms with Crippen LogP contribution in [0.5, 0.6) is 5.75 Å². The van der Waals surface area contributed by atoms with Crippen LogP contribution in [0.3, 0.4) is 0 Å². The van der Waals surface area contributed by atoms with Gasteiger partial charge in [-0.05, 0) is 18.2 Å². The molecular weight excluding hydrogens is 242 g/mol. The van der Waals surface area contributed by atoms with Gasteiger partial charge in [-0.3, -0.25) is 5.41 Å². The van der Waals surface area contributed by atoms with E-state index in [0.29, 0.717) is 4.68 Å². The Morgan fingerprint density at radius 3 is 2.78 bits per heavy atom. The van der Waals surface area contributed by atoms with Crippen molar-refractivity contribution in [3.63, 3.8) is 0 Å². The summed E-state index contributed by atoms with van der Waals surface area (Å²) in [7, 11) is 0. The molecule has 2 aromatic rings. The minimum atomic E-state index is -2.76. The van der Waals surface area contributed by atoms with Crippen LogP contribution in [0.25, 0.3) is 0 Å². The minimum Gasteiger partial charge on any atom is -0.508 e. The minimum absolute atomic E-state index is 0.0507. The van der Waals surface area contributed by atoms with Crippen LogP contribution in [0.4, 0.5) is 14.5 Å². The molecule has 0 aliphatic heterocycles. The van der Waals surface area contributed by atoms with Crippen molar-refractivity contribution in [1.29, 1.82) is 5.41 Å². The molecular formula is C11H10F2N4O. The van der Waals surface area contributed by atoms with E-state index in [1.54, 1.807) is 0 Å². The van der Waals surface area contributed by atoms with Crippen molar-refractivity contribution in [3.8, 4) is 5.75 Å². The highest BCUT2D eigenvalue weighted by atomic mass is 19.3. The number of anilines is 1. The summed E-state index contributed by atoms with van der Waals surface area (Å²) in [5.41, 5.74) is 6.34. The molecule has 2 rings (SSSR count). The first-order valence-corrected chi connectivity index (χ1v) is 4.99. The van der Waals surface area contributed by atoms with E-state index >= 15 is 0 Å². The van der Waals surface area contributed by atoms with Crippen LogP contribution in [0, 0.1) is 5.41 Å². The van der Waals surface area contributed by atoms with Crippen molar-refractivity contribution in [2.75, 3.05) is 5.73 Å². The molecule has 0 aliphatic rings. The molecule has 7 heteroatoms. The van der Waals surface area contributed by atoms with Gasteiger partial charge in [0, 0.05) is 23.0 Å². The molecule has 1 aromatic heterocycles. The molecule has 0 atom stereocenters. The lowest BCUT2D eigenvalue weighted by Crippen LogP contribution is -2.04. The van der Waals surface area contributed by atoms with Crippen molar-refractivity contribution in [2.45, 2.75) is 6.55 Å². The van der Waals surface area contributed by atoms with Gasteiger partial charge in [-0.25, -0.2) is 4.68 Å². The largest absolute Gasteiger partial charge is 0.508 e. The smallest absolute Gasteiger partial charge is 0.333 e. The summed E-state index contributed by atoms with van der Waals surface area (Å²) in [4.78, 5) is 0. The SMILES string of the molecule is N=C(c1cnn(C(F)F)c1)c1cc(O)ccc1N. The highest BCUT2D eigenvalue weighted by molar-refractivity contribution is 6.13. The quantitative estimate of drug-likeness (QED) is 0.443. The number of rotatable bonds is 3. The van der Waals surface area contributed by atoms with Gasteiger partial charge in [-0.2, -0.15) is 13.9 Å². The highest BCUT2D eigenvalue weighted by Crippen LogP contribution is 2.22. The first-order valence-electron chi connectivity index (χ1n) is 4.99. The Labute approximate surface area is 101 Å². The van der Waals surface area contributed by atoms with E-state index in [0.717, 1.165) is 12.4 Å². The van der Waals surface area contributed by atoms with E-state index in [4.69, 9.17) is 11.1 Å². The molecule has 0 unspecified atom stereocenters. The maximum absolute atomic E-state index is 12.4. The molecule has 0 saturated carbocycles. The number of nitrogens with two attached hydrogens (primary N) is 1. The van der Waals surface area contributed by atoms with Gasteiger partial charge in [0.2, 0.25) is 0 Å². The van der Waals surface area contributed by atoms with Gasteiger partial charge < -0.3 is 10.8 Å². The summed E-state index contributed by atoms with van der Waals surface area (Å²) in [6.07, 6.45) is 2.20. The van der Waals surface area contributed by atoms with Gasteiger partial charge in [0.15, 0.2) is 0 Å². The first kappa shape index (κ1) is 12.0. The summed E-state index contributed by atoms with van der Waals surface area (Å²) in [6, 6.07) is 4.13. The second-order valence-corrected chi connectivity index (χ2v) is 3.63. The molecule has 18 heavy (non-hydrogen) atoms. The van der Waals surface area contributed by atoms with E-state index in [1.165, 1.54) is 18.2 Å². The monoisotopic (exact) mass is 252 g/mol. The highest BCUT2D eigenvalue weighted by Gasteiger charge is 2.14. The molecule has 0 saturated heterocycles. The first-order chi connectivity index (χ1) is 8.49. The van der Waals surface area contributed by atoms with Gasteiger partial charge >= 0.3 is 6.55 Å². The molecule has 0 amide bonds. The van der Waals surface area contributed by atoms with Gasteiger partial charge in [0.1, 0.15) is 5.75 Å². The maximum atomic E-state index is 12.4. The van der Waals surface area contributed by atoms with Gasteiger partial charge in [0.05, 0.1) is 11.9 Å².